The topological polar surface area (TPSA) is 90.5 Å². The van der Waals surface area contributed by atoms with Gasteiger partial charge in [-0.15, -0.1) is 0 Å². The number of aryl methyl sites for hydroxylation is 1. The number of hydrogen-bond acceptors (Lipinski definition) is 3. The molecule has 0 aliphatic heterocycles. The van der Waals surface area contributed by atoms with Crippen molar-refractivity contribution in [3.05, 3.63) is 22.5 Å². The molecule has 1 aliphatic rings. The predicted octanol–water partition coefficient (Wildman–Crippen LogP) is 0.999. The van der Waals surface area contributed by atoms with Gasteiger partial charge in [-0.05, 0) is 25.3 Å². The Bertz CT molecular complexity index is 559. The lowest BCUT2D eigenvalue weighted by Crippen LogP contribution is -2.32. The summed E-state index contributed by atoms with van der Waals surface area (Å²) in [7, 11) is 1.43. The molecule has 0 spiro atoms. The molecule has 1 aliphatic carbocycles. The van der Waals surface area contributed by atoms with E-state index in [1.165, 1.54) is 7.05 Å². The number of aromatic nitrogens is 1. The minimum Gasteiger partial charge on any atom is -0.480 e. The van der Waals surface area contributed by atoms with Crippen LogP contribution in [0.2, 0.25) is 0 Å². The third kappa shape index (κ3) is 2.38. The monoisotopic (exact) mass is 264 g/mol. The molecule has 0 unspecified atom stereocenters. The number of carboxylic acids is 1. The first-order valence-corrected chi connectivity index (χ1v) is 6.13. The molecule has 1 heterocycles. The zero-order valence-electron chi connectivity index (χ0n) is 10.9. The van der Waals surface area contributed by atoms with Crippen molar-refractivity contribution in [1.29, 1.82) is 0 Å². The Hall–Kier alpha value is -2.11. The van der Waals surface area contributed by atoms with E-state index in [1.807, 2.05) is 0 Å². The summed E-state index contributed by atoms with van der Waals surface area (Å²) in [4.78, 5) is 38.7. The highest BCUT2D eigenvalue weighted by Gasteiger charge is 2.27. The number of carbonyl (C=O) groups excluding carboxylic acids is 2. The Morgan fingerprint density at radius 1 is 1.37 bits per heavy atom. The average molecular weight is 264 g/mol. The van der Waals surface area contributed by atoms with E-state index in [0.717, 1.165) is 23.4 Å². The summed E-state index contributed by atoms with van der Waals surface area (Å²) in [6.45, 7) is 1.36. The molecule has 102 valence electrons. The fraction of sp³-hybridized carbons (Fsp3) is 0.462. The number of Topliss-reactive ketones (excluding diaryl/α,β-unsaturated/α-hetero) is 1. The van der Waals surface area contributed by atoms with Gasteiger partial charge in [-0.3, -0.25) is 14.4 Å². The van der Waals surface area contributed by atoms with Gasteiger partial charge in [-0.2, -0.15) is 0 Å². The molecule has 6 nitrogen and oxygen atoms in total. The summed E-state index contributed by atoms with van der Waals surface area (Å²) in [6, 6.07) is 0. The normalized spacial score (nSPS) is 14.1. The maximum atomic E-state index is 12.1. The maximum absolute atomic E-state index is 12.1. The lowest BCUT2D eigenvalue weighted by Gasteiger charge is -2.14. The molecule has 0 saturated heterocycles. The third-order valence-corrected chi connectivity index (χ3v) is 3.37. The predicted molar refractivity (Wildman–Crippen MR) is 67.4 cm³/mol. The quantitative estimate of drug-likeness (QED) is 0.852. The molecule has 1 aromatic rings. The zero-order chi connectivity index (χ0) is 14.2. The number of nitrogens with one attached hydrogen (secondary N) is 1. The van der Waals surface area contributed by atoms with Crippen molar-refractivity contribution in [1.82, 2.24) is 9.88 Å². The van der Waals surface area contributed by atoms with Crippen LogP contribution in [0.5, 0.6) is 0 Å². The van der Waals surface area contributed by atoms with Crippen LogP contribution < -0.4 is 0 Å². The first-order chi connectivity index (χ1) is 8.91. The first kappa shape index (κ1) is 13.3. The van der Waals surface area contributed by atoms with Crippen LogP contribution in [0.25, 0.3) is 0 Å². The number of carboxylic acid groups (broad SMARTS) is 1. The van der Waals surface area contributed by atoms with E-state index >= 15 is 0 Å². The van der Waals surface area contributed by atoms with E-state index in [9.17, 15) is 14.4 Å². The summed E-state index contributed by atoms with van der Waals surface area (Å²) in [5, 5.41) is 8.69. The van der Waals surface area contributed by atoms with Crippen LogP contribution in [0.3, 0.4) is 0 Å². The molecule has 0 atom stereocenters. The average Bonchev–Trinajstić information content (AvgIpc) is 2.66. The summed E-state index contributed by atoms with van der Waals surface area (Å²) < 4.78 is 0. The van der Waals surface area contributed by atoms with Crippen molar-refractivity contribution in [3.63, 3.8) is 0 Å². The van der Waals surface area contributed by atoms with E-state index in [-0.39, 0.29) is 12.3 Å². The highest BCUT2D eigenvalue weighted by atomic mass is 16.4. The second-order valence-electron chi connectivity index (χ2n) is 4.81. The number of aromatic amines is 1. The van der Waals surface area contributed by atoms with Gasteiger partial charge in [0.1, 0.15) is 12.2 Å². The molecule has 0 fully saturated rings. The van der Waals surface area contributed by atoms with Crippen molar-refractivity contribution in [2.45, 2.75) is 26.2 Å². The maximum Gasteiger partial charge on any atom is 0.323 e. The number of carbonyl (C=O) groups is 3. The minimum absolute atomic E-state index is 0.0509. The van der Waals surface area contributed by atoms with Crippen LogP contribution >= 0.6 is 0 Å². The van der Waals surface area contributed by atoms with Gasteiger partial charge in [0.05, 0.1) is 0 Å². The highest BCUT2D eigenvalue weighted by Crippen LogP contribution is 2.26. The number of aliphatic carboxylic acids is 1. The Kier molecular flexibility index (Phi) is 3.42. The van der Waals surface area contributed by atoms with Crippen molar-refractivity contribution >= 4 is 17.7 Å². The Labute approximate surface area is 110 Å². The van der Waals surface area contributed by atoms with Gasteiger partial charge in [0.15, 0.2) is 5.78 Å². The lowest BCUT2D eigenvalue weighted by molar-refractivity contribution is -0.137. The van der Waals surface area contributed by atoms with Gasteiger partial charge in [-0.25, -0.2) is 0 Å². The van der Waals surface area contributed by atoms with Gasteiger partial charge in [-0.1, -0.05) is 0 Å². The summed E-state index contributed by atoms with van der Waals surface area (Å²) >= 11 is 0. The number of amides is 1. The smallest absolute Gasteiger partial charge is 0.323 e. The van der Waals surface area contributed by atoms with E-state index in [0.29, 0.717) is 23.2 Å². The molecule has 1 amide bonds. The molecule has 1 aromatic heterocycles. The van der Waals surface area contributed by atoms with Gasteiger partial charge in [0.25, 0.3) is 5.91 Å². The van der Waals surface area contributed by atoms with Crippen LogP contribution in [-0.2, 0) is 11.2 Å². The van der Waals surface area contributed by atoms with Crippen LogP contribution in [0.15, 0.2) is 0 Å². The molecule has 19 heavy (non-hydrogen) atoms. The molecule has 0 bridgehead atoms. The van der Waals surface area contributed by atoms with Gasteiger partial charge in [0.2, 0.25) is 0 Å². The van der Waals surface area contributed by atoms with Gasteiger partial charge >= 0.3 is 5.97 Å². The number of fused-ring (bicyclic) bond motifs is 1. The van der Waals surface area contributed by atoms with Crippen molar-refractivity contribution < 1.29 is 19.5 Å². The number of H-pyrrole nitrogens is 1. The third-order valence-electron chi connectivity index (χ3n) is 3.37. The molecule has 0 aromatic carbocycles. The van der Waals surface area contributed by atoms with Crippen LogP contribution in [0.1, 0.15) is 44.9 Å². The van der Waals surface area contributed by atoms with Crippen LogP contribution in [0.4, 0.5) is 0 Å². The van der Waals surface area contributed by atoms with E-state index in [2.05, 4.69) is 4.98 Å². The van der Waals surface area contributed by atoms with Crippen molar-refractivity contribution in [2.75, 3.05) is 13.6 Å². The Morgan fingerprint density at radius 3 is 2.63 bits per heavy atom. The van der Waals surface area contributed by atoms with E-state index in [1.54, 1.807) is 6.92 Å². The standard InChI is InChI=1S/C13H16N2O4/c1-7-11-8(4-3-5-9(11)16)14-12(7)13(19)15(2)6-10(17)18/h14H,3-6H2,1-2H3,(H,17,18). The van der Waals surface area contributed by atoms with Crippen molar-refractivity contribution in [3.8, 4) is 0 Å². The highest BCUT2D eigenvalue weighted by molar-refractivity contribution is 6.04. The molecule has 0 radical (unpaired) electrons. The van der Waals surface area contributed by atoms with Crippen LogP contribution in [-0.4, -0.2) is 46.2 Å². The summed E-state index contributed by atoms with van der Waals surface area (Å²) in [5.74, 6) is -1.42. The van der Waals surface area contributed by atoms with Gasteiger partial charge < -0.3 is 15.0 Å². The molecule has 6 heteroatoms. The van der Waals surface area contributed by atoms with E-state index in [4.69, 9.17) is 5.11 Å². The summed E-state index contributed by atoms with van der Waals surface area (Å²) in [6.07, 6.45) is 2.03. The van der Waals surface area contributed by atoms with Crippen molar-refractivity contribution in [2.24, 2.45) is 0 Å². The number of nitrogens with zero attached hydrogens (tertiary/aromatic N) is 1. The second kappa shape index (κ2) is 4.87. The zero-order valence-corrected chi connectivity index (χ0v) is 10.9. The summed E-state index contributed by atoms with van der Waals surface area (Å²) in [5.41, 5.74) is 2.35. The van der Waals surface area contributed by atoms with Gasteiger partial charge in [0, 0.05) is 24.7 Å². The fourth-order valence-electron chi connectivity index (χ4n) is 2.45. The first-order valence-electron chi connectivity index (χ1n) is 6.13. The number of hydrogen-bond donors (Lipinski definition) is 2. The Morgan fingerprint density at radius 2 is 2.05 bits per heavy atom. The van der Waals surface area contributed by atoms with E-state index < -0.39 is 11.9 Å². The molecule has 2 N–H and O–H groups in total. The number of likely N-dealkylation sites (N-methyl/N-ethyl adjacent to an activating group) is 1. The fourth-order valence-corrected chi connectivity index (χ4v) is 2.45. The lowest BCUT2D eigenvalue weighted by atomic mass is 9.94. The number of rotatable bonds is 3. The molecule has 2 rings (SSSR count). The van der Waals surface area contributed by atoms with Crippen LogP contribution in [0, 0.1) is 6.92 Å². The molecular weight excluding hydrogens is 248 g/mol. The Balaban J connectivity index is 2.34. The number of ketones is 1. The molecular formula is C13H16N2O4. The largest absolute Gasteiger partial charge is 0.480 e. The second-order valence-corrected chi connectivity index (χ2v) is 4.81. The SMILES string of the molecule is Cc1c(C(=O)N(C)CC(=O)O)[nH]c2c1C(=O)CCC2. The molecule has 0 saturated carbocycles. The minimum atomic E-state index is -1.07.